The smallest absolute Gasteiger partial charge is 0.246 e. The number of hydrogen-bond donors (Lipinski definition) is 1. The highest BCUT2D eigenvalue weighted by Gasteiger charge is 2.33. The molecule has 6 nitrogen and oxygen atoms in total. The molecule has 1 saturated heterocycles. The highest BCUT2D eigenvalue weighted by atomic mass is 35.5. The average Bonchev–Trinajstić information content (AvgIpc) is 2.99. The van der Waals surface area contributed by atoms with Crippen molar-refractivity contribution in [2.24, 2.45) is 5.73 Å². The van der Waals surface area contributed by atoms with E-state index in [-0.39, 0.29) is 23.2 Å². The van der Waals surface area contributed by atoms with Crippen LogP contribution < -0.4 is 10.5 Å². The van der Waals surface area contributed by atoms with Crippen LogP contribution in [-0.2, 0) is 21.3 Å². The number of nitrogens with zero attached hydrogens (tertiary/aromatic N) is 1. The zero-order valence-electron chi connectivity index (χ0n) is 12.0. The molecule has 0 saturated carbocycles. The van der Waals surface area contributed by atoms with Crippen LogP contribution in [0, 0.1) is 0 Å². The lowest BCUT2D eigenvalue weighted by molar-refractivity contribution is 0.180. The van der Waals surface area contributed by atoms with Gasteiger partial charge in [-0.15, -0.1) is 0 Å². The Bertz CT molecular complexity index is 615. The molecule has 118 valence electrons. The molecule has 1 aromatic rings. The van der Waals surface area contributed by atoms with E-state index in [1.807, 2.05) is 0 Å². The van der Waals surface area contributed by atoms with Gasteiger partial charge in [0.05, 0.1) is 19.8 Å². The standard InChI is InChI=1S/C13H19ClN2O4S/c1-16(11-3-4-20-8-11)21(17,18)12-6-10(14)5-9(7-15)13(12)19-2/h5-6,11H,3-4,7-8,15H2,1-2H3. The second kappa shape index (κ2) is 6.50. The van der Waals surface area contributed by atoms with Crippen molar-refractivity contribution in [3.63, 3.8) is 0 Å². The normalized spacial score (nSPS) is 19.2. The Balaban J connectivity index is 2.50. The van der Waals surface area contributed by atoms with Crippen molar-refractivity contribution in [3.8, 4) is 5.75 Å². The Morgan fingerprint density at radius 3 is 2.76 bits per heavy atom. The molecule has 0 aromatic heterocycles. The van der Waals surface area contributed by atoms with Gasteiger partial charge in [-0.3, -0.25) is 0 Å². The van der Waals surface area contributed by atoms with Crippen LogP contribution in [0.25, 0.3) is 0 Å². The van der Waals surface area contributed by atoms with Gasteiger partial charge in [-0.2, -0.15) is 4.31 Å². The molecule has 1 atom stereocenters. The molecule has 1 aromatic carbocycles. The van der Waals surface area contributed by atoms with Crippen LogP contribution in [0.15, 0.2) is 17.0 Å². The van der Waals surface area contributed by atoms with Crippen LogP contribution in [0.3, 0.4) is 0 Å². The van der Waals surface area contributed by atoms with Crippen molar-refractivity contribution >= 4 is 21.6 Å². The van der Waals surface area contributed by atoms with Crippen LogP contribution in [0.4, 0.5) is 0 Å². The molecule has 0 amide bonds. The number of halogens is 1. The molecule has 1 unspecified atom stereocenters. The van der Waals surface area contributed by atoms with Crippen molar-refractivity contribution in [2.45, 2.75) is 23.9 Å². The molecule has 1 heterocycles. The quantitative estimate of drug-likeness (QED) is 0.875. The molecule has 8 heteroatoms. The lowest BCUT2D eigenvalue weighted by atomic mass is 10.2. The Hall–Kier alpha value is -0.860. The summed E-state index contributed by atoms with van der Waals surface area (Å²) in [6.07, 6.45) is 0.669. The second-order valence-corrected chi connectivity index (χ2v) is 7.24. The molecular formula is C13H19ClN2O4S. The molecule has 2 N–H and O–H groups in total. The van der Waals surface area contributed by atoms with E-state index in [0.29, 0.717) is 30.2 Å². The molecule has 1 aliphatic heterocycles. The molecule has 21 heavy (non-hydrogen) atoms. The SMILES string of the molecule is COc1c(CN)cc(Cl)cc1S(=O)(=O)N(C)C1CCOC1. The third kappa shape index (κ3) is 3.17. The minimum absolute atomic E-state index is 0.0346. The maximum atomic E-state index is 12.8. The lowest BCUT2D eigenvalue weighted by Gasteiger charge is -2.24. The van der Waals surface area contributed by atoms with Gasteiger partial charge in [-0.1, -0.05) is 11.6 Å². The summed E-state index contributed by atoms with van der Waals surface area (Å²) in [5.41, 5.74) is 6.19. The van der Waals surface area contributed by atoms with Crippen LogP contribution >= 0.6 is 11.6 Å². The summed E-state index contributed by atoms with van der Waals surface area (Å²) in [5, 5.41) is 0.311. The highest BCUT2D eigenvalue weighted by Crippen LogP contribution is 2.34. The first-order chi connectivity index (χ1) is 9.91. The second-order valence-electron chi connectivity index (χ2n) is 4.84. The van der Waals surface area contributed by atoms with Gasteiger partial charge < -0.3 is 15.2 Å². The molecule has 0 bridgehead atoms. The monoisotopic (exact) mass is 334 g/mol. The molecule has 0 spiro atoms. The van der Waals surface area contributed by atoms with Gasteiger partial charge in [-0.25, -0.2) is 8.42 Å². The summed E-state index contributed by atoms with van der Waals surface area (Å²) in [6, 6.07) is 2.82. The number of benzene rings is 1. The summed E-state index contributed by atoms with van der Waals surface area (Å²) in [6.45, 7) is 1.09. The van der Waals surface area contributed by atoms with E-state index in [4.69, 9.17) is 26.8 Å². The first kappa shape index (κ1) is 16.5. The number of ether oxygens (including phenoxy) is 2. The fourth-order valence-corrected chi connectivity index (χ4v) is 4.26. The lowest BCUT2D eigenvalue weighted by Crippen LogP contribution is -2.37. The van der Waals surface area contributed by atoms with Crippen molar-refractivity contribution in [3.05, 3.63) is 22.7 Å². The topological polar surface area (TPSA) is 81.9 Å². The molecule has 2 rings (SSSR count). The Labute approximate surface area is 129 Å². The zero-order valence-corrected chi connectivity index (χ0v) is 13.6. The van der Waals surface area contributed by atoms with Crippen molar-refractivity contribution in [1.82, 2.24) is 4.31 Å². The van der Waals surface area contributed by atoms with Gasteiger partial charge in [0.1, 0.15) is 10.6 Å². The van der Waals surface area contributed by atoms with Gasteiger partial charge in [0.2, 0.25) is 10.0 Å². The minimum atomic E-state index is -3.73. The van der Waals surface area contributed by atoms with Crippen molar-refractivity contribution < 1.29 is 17.9 Å². The molecule has 0 aliphatic carbocycles. The number of rotatable bonds is 5. The highest BCUT2D eigenvalue weighted by molar-refractivity contribution is 7.89. The van der Waals surface area contributed by atoms with Gasteiger partial charge in [-0.05, 0) is 18.6 Å². The molecular weight excluding hydrogens is 316 g/mol. The van der Waals surface area contributed by atoms with E-state index in [9.17, 15) is 8.42 Å². The minimum Gasteiger partial charge on any atom is -0.495 e. The zero-order chi connectivity index (χ0) is 15.6. The molecule has 0 radical (unpaired) electrons. The Morgan fingerprint density at radius 2 is 2.24 bits per heavy atom. The van der Waals surface area contributed by atoms with Crippen LogP contribution in [-0.4, -0.2) is 46.1 Å². The maximum absolute atomic E-state index is 12.8. The van der Waals surface area contributed by atoms with E-state index in [0.717, 1.165) is 0 Å². The van der Waals surface area contributed by atoms with E-state index in [1.165, 1.54) is 24.5 Å². The fourth-order valence-electron chi connectivity index (χ4n) is 2.36. The predicted octanol–water partition coefficient (Wildman–Crippen LogP) is 1.22. The third-order valence-corrected chi connectivity index (χ3v) is 5.73. The van der Waals surface area contributed by atoms with Crippen LogP contribution in [0.1, 0.15) is 12.0 Å². The summed E-state index contributed by atoms with van der Waals surface area (Å²) >= 11 is 6.01. The van der Waals surface area contributed by atoms with Gasteiger partial charge in [0, 0.05) is 30.8 Å². The number of sulfonamides is 1. The fraction of sp³-hybridized carbons (Fsp3) is 0.538. The average molecular weight is 335 g/mol. The largest absolute Gasteiger partial charge is 0.495 e. The van der Waals surface area contributed by atoms with E-state index in [1.54, 1.807) is 6.07 Å². The summed E-state index contributed by atoms with van der Waals surface area (Å²) in [4.78, 5) is 0.0346. The van der Waals surface area contributed by atoms with E-state index in [2.05, 4.69) is 0 Å². The first-order valence-corrected chi connectivity index (χ1v) is 8.36. The molecule has 1 fully saturated rings. The maximum Gasteiger partial charge on any atom is 0.246 e. The predicted molar refractivity (Wildman–Crippen MR) is 80.1 cm³/mol. The van der Waals surface area contributed by atoms with E-state index >= 15 is 0 Å². The summed E-state index contributed by atoms with van der Waals surface area (Å²) in [5.74, 6) is 0.243. The first-order valence-electron chi connectivity index (χ1n) is 6.54. The number of nitrogens with two attached hydrogens (primary N) is 1. The van der Waals surface area contributed by atoms with Gasteiger partial charge >= 0.3 is 0 Å². The van der Waals surface area contributed by atoms with Gasteiger partial charge in [0.15, 0.2) is 0 Å². The summed E-state index contributed by atoms with van der Waals surface area (Å²) in [7, 11) is -0.776. The number of methoxy groups -OCH3 is 1. The molecule has 1 aliphatic rings. The van der Waals surface area contributed by atoms with Crippen molar-refractivity contribution in [1.29, 1.82) is 0 Å². The summed E-state index contributed by atoms with van der Waals surface area (Å²) < 4.78 is 37.4. The van der Waals surface area contributed by atoms with Gasteiger partial charge in [0.25, 0.3) is 0 Å². The van der Waals surface area contributed by atoms with Crippen LogP contribution in [0.2, 0.25) is 5.02 Å². The van der Waals surface area contributed by atoms with E-state index < -0.39 is 10.0 Å². The van der Waals surface area contributed by atoms with Crippen molar-refractivity contribution in [2.75, 3.05) is 27.4 Å². The Morgan fingerprint density at radius 1 is 1.52 bits per heavy atom. The van der Waals surface area contributed by atoms with Crippen LogP contribution in [0.5, 0.6) is 5.75 Å². The Kier molecular flexibility index (Phi) is 5.11. The third-order valence-electron chi connectivity index (χ3n) is 3.60. The number of hydrogen-bond acceptors (Lipinski definition) is 5. The number of likely N-dealkylation sites (N-methyl/N-ethyl adjacent to an activating group) is 1.